The molecule has 1 heterocycles. The summed E-state index contributed by atoms with van der Waals surface area (Å²) >= 11 is 0. The van der Waals surface area contributed by atoms with Crippen molar-refractivity contribution in [1.29, 1.82) is 0 Å². The first-order valence-corrected chi connectivity index (χ1v) is 11.9. The molecule has 0 aliphatic carbocycles. The molecule has 0 radical (unpaired) electrons. The highest BCUT2D eigenvalue weighted by atomic mass is 19.1. The molecule has 3 nitrogen and oxygen atoms in total. The summed E-state index contributed by atoms with van der Waals surface area (Å²) in [6.07, 6.45) is 12.5. The van der Waals surface area contributed by atoms with Crippen LogP contribution in [0.4, 0.5) is 4.39 Å². The van der Waals surface area contributed by atoms with E-state index >= 15 is 0 Å². The fourth-order valence-electron chi connectivity index (χ4n) is 3.66. The minimum absolute atomic E-state index is 0.223. The first kappa shape index (κ1) is 24.7. The lowest BCUT2D eigenvalue weighted by Gasteiger charge is -2.12. The summed E-state index contributed by atoms with van der Waals surface area (Å²) in [5.41, 5.74) is 3.97. The fourth-order valence-corrected chi connectivity index (χ4v) is 3.66. The zero-order valence-electron chi connectivity index (χ0n) is 19.6. The molecular formula is C29H34FNO2. The molecule has 3 aromatic rings. The molecule has 33 heavy (non-hydrogen) atoms. The summed E-state index contributed by atoms with van der Waals surface area (Å²) in [5.74, 6) is -0.0136. The first-order valence-electron chi connectivity index (χ1n) is 11.9. The molecule has 2 aromatic carbocycles. The molecule has 1 atom stereocenters. The predicted molar refractivity (Wildman–Crippen MR) is 135 cm³/mol. The number of rotatable bonds is 12. The highest BCUT2D eigenvalue weighted by molar-refractivity contribution is 5.68. The maximum atomic E-state index is 14.6. The zero-order chi connectivity index (χ0) is 23.5. The average molecular weight is 448 g/mol. The monoisotopic (exact) mass is 447 g/mol. The van der Waals surface area contributed by atoms with Crippen LogP contribution in [0.2, 0.25) is 0 Å². The second-order valence-electron chi connectivity index (χ2n) is 8.44. The van der Waals surface area contributed by atoms with Crippen molar-refractivity contribution < 1.29 is 14.2 Å². The number of phenols is 1. The van der Waals surface area contributed by atoms with E-state index in [1.54, 1.807) is 24.4 Å². The van der Waals surface area contributed by atoms with E-state index < -0.39 is 0 Å². The second-order valence-corrected chi connectivity index (χ2v) is 8.44. The third kappa shape index (κ3) is 7.83. The molecule has 4 heteroatoms. The van der Waals surface area contributed by atoms with Gasteiger partial charge in [-0.15, -0.1) is 0 Å². The van der Waals surface area contributed by atoms with Gasteiger partial charge in [-0.2, -0.15) is 0 Å². The van der Waals surface area contributed by atoms with Gasteiger partial charge in [0.1, 0.15) is 11.6 Å². The number of aromatic nitrogens is 1. The average Bonchev–Trinajstić information content (AvgIpc) is 2.83. The van der Waals surface area contributed by atoms with Crippen LogP contribution < -0.4 is 0 Å². The lowest BCUT2D eigenvalue weighted by molar-refractivity contribution is 0.0566. The molecule has 0 aliphatic heterocycles. The Bertz CT molecular complexity index is 1010. The molecule has 1 aromatic heterocycles. The SMILES string of the molecule is CCCCCOC(C)CCC/C=C/c1ccc(-c2ccc(-c3ccc(O)cc3)nc2)cc1F. The number of nitrogens with zero attached hydrogens (tertiary/aromatic N) is 1. The van der Waals surface area contributed by atoms with Gasteiger partial charge in [0.25, 0.3) is 0 Å². The van der Waals surface area contributed by atoms with Gasteiger partial charge in [-0.25, -0.2) is 4.39 Å². The van der Waals surface area contributed by atoms with Crippen LogP contribution in [0.15, 0.2) is 66.9 Å². The quantitative estimate of drug-likeness (QED) is 0.286. The minimum atomic E-state index is -0.237. The van der Waals surface area contributed by atoms with Crippen LogP contribution in [-0.4, -0.2) is 22.8 Å². The van der Waals surface area contributed by atoms with Crippen molar-refractivity contribution in [2.75, 3.05) is 6.61 Å². The topological polar surface area (TPSA) is 42.4 Å². The largest absolute Gasteiger partial charge is 0.508 e. The molecule has 3 rings (SSSR count). The van der Waals surface area contributed by atoms with Gasteiger partial charge >= 0.3 is 0 Å². The molecule has 0 bridgehead atoms. The molecule has 0 fully saturated rings. The Labute approximate surface area is 197 Å². The summed E-state index contributed by atoms with van der Waals surface area (Å²) in [7, 11) is 0. The van der Waals surface area contributed by atoms with E-state index in [0.717, 1.165) is 54.7 Å². The lowest BCUT2D eigenvalue weighted by atomic mass is 10.0. The van der Waals surface area contributed by atoms with Crippen LogP contribution in [0.25, 0.3) is 28.5 Å². The fraction of sp³-hybridized carbons (Fsp3) is 0.345. The summed E-state index contributed by atoms with van der Waals surface area (Å²) in [6, 6.07) is 16.0. The second kappa shape index (κ2) is 12.9. The van der Waals surface area contributed by atoms with E-state index in [1.807, 2.05) is 48.6 Å². The van der Waals surface area contributed by atoms with Crippen LogP contribution in [0.1, 0.15) is 57.9 Å². The zero-order valence-corrected chi connectivity index (χ0v) is 19.6. The van der Waals surface area contributed by atoms with E-state index in [4.69, 9.17) is 4.74 Å². The van der Waals surface area contributed by atoms with Gasteiger partial charge in [0.2, 0.25) is 0 Å². The Morgan fingerprint density at radius 1 is 0.970 bits per heavy atom. The van der Waals surface area contributed by atoms with Gasteiger partial charge in [-0.3, -0.25) is 4.98 Å². The number of unbranched alkanes of at least 4 members (excludes halogenated alkanes) is 3. The Kier molecular flexibility index (Phi) is 9.64. The van der Waals surface area contributed by atoms with Crippen molar-refractivity contribution in [2.45, 2.75) is 58.5 Å². The van der Waals surface area contributed by atoms with Crippen LogP contribution in [0.3, 0.4) is 0 Å². The van der Waals surface area contributed by atoms with E-state index in [2.05, 4.69) is 18.8 Å². The normalized spacial score (nSPS) is 12.3. The van der Waals surface area contributed by atoms with Crippen molar-refractivity contribution in [3.05, 3.63) is 78.3 Å². The Hall–Kier alpha value is -2.98. The summed E-state index contributed by atoms with van der Waals surface area (Å²) in [5, 5.41) is 9.43. The maximum absolute atomic E-state index is 14.6. The number of benzene rings is 2. The minimum Gasteiger partial charge on any atom is -0.508 e. The van der Waals surface area contributed by atoms with Crippen LogP contribution in [0, 0.1) is 5.82 Å². The van der Waals surface area contributed by atoms with E-state index in [0.29, 0.717) is 5.56 Å². The van der Waals surface area contributed by atoms with Crippen molar-refractivity contribution >= 4 is 6.08 Å². The van der Waals surface area contributed by atoms with Crippen LogP contribution >= 0.6 is 0 Å². The molecule has 1 unspecified atom stereocenters. The van der Waals surface area contributed by atoms with Gasteiger partial charge in [-0.1, -0.05) is 50.1 Å². The molecule has 0 saturated carbocycles. The Morgan fingerprint density at radius 3 is 2.42 bits per heavy atom. The third-order valence-corrected chi connectivity index (χ3v) is 5.69. The van der Waals surface area contributed by atoms with Crippen LogP contribution in [0.5, 0.6) is 5.75 Å². The predicted octanol–water partition coefficient (Wildman–Crippen LogP) is 8.04. The van der Waals surface area contributed by atoms with Gasteiger partial charge in [0.05, 0.1) is 11.8 Å². The first-order chi connectivity index (χ1) is 16.1. The van der Waals surface area contributed by atoms with E-state index in [1.165, 1.54) is 12.8 Å². The van der Waals surface area contributed by atoms with Gasteiger partial charge in [0.15, 0.2) is 0 Å². The lowest BCUT2D eigenvalue weighted by Crippen LogP contribution is -2.08. The molecular weight excluding hydrogens is 413 g/mol. The number of halogens is 1. The number of pyridine rings is 1. The number of hydrogen-bond acceptors (Lipinski definition) is 3. The molecule has 1 N–H and O–H groups in total. The number of phenolic OH excluding ortho intramolecular Hbond substituents is 1. The Balaban J connectivity index is 1.51. The molecule has 0 spiro atoms. The highest BCUT2D eigenvalue weighted by Crippen LogP contribution is 2.25. The van der Waals surface area contributed by atoms with Crippen molar-refractivity contribution in [1.82, 2.24) is 4.98 Å². The smallest absolute Gasteiger partial charge is 0.131 e. The number of aromatic hydroxyl groups is 1. The van der Waals surface area contributed by atoms with Crippen molar-refractivity contribution in [3.8, 4) is 28.1 Å². The summed E-state index contributed by atoms with van der Waals surface area (Å²) < 4.78 is 20.5. The molecule has 0 amide bonds. The maximum Gasteiger partial charge on any atom is 0.131 e. The Morgan fingerprint density at radius 2 is 1.73 bits per heavy atom. The summed E-state index contributed by atoms with van der Waals surface area (Å²) in [4.78, 5) is 4.49. The molecule has 0 aliphatic rings. The molecule has 174 valence electrons. The third-order valence-electron chi connectivity index (χ3n) is 5.69. The van der Waals surface area contributed by atoms with Gasteiger partial charge in [0, 0.05) is 29.5 Å². The van der Waals surface area contributed by atoms with Gasteiger partial charge in [-0.05, 0) is 74.6 Å². The number of ether oxygens (including phenoxy) is 1. The van der Waals surface area contributed by atoms with E-state index in [-0.39, 0.29) is 17.7 Å². The van der Waals surface area contributed by atoms with Crippen molar-refractivity contribution in [2.24, 2.45) is 0 Å². The standard InChI is InChI=1S/C29H34FNO2/c1-3-4-8-19-33-22(2)9-6-5-7-10-23-11-12-25(20-28(23)30)26-15-18-29(31-21-26)24-13-16-27(32)17-14-24/h7,10-18,20-22,32H,3-6,8-9,19H2,1-2H3/b10-7+. The van der Waals surface area contributed by atoms with Gasteiger partial charge < -0.3 is 9.84 Å². The summed E-state index contributed by atoms with van der Waals surface area (Å²) in [6.45, 7) is 5.17. The number of allylic oxidation sites excluding steroid dienone is 1. The van der Waals surface area contributed by atoms with E-state index in [9.17, 15) is 9.50 Å². The highest BCUT2D eigenvalue weighted by Gasteiger charge is 2.06. The van der Waals surface area contributed by atoms with Crippen LogP contribution in [-0.2, 0) is 4.74 Å². The van der Waals surface area contributed by atoms with Crippen molar-refractivity contribution in [3.63, 3.8) is 0 Å². The molecule has 0 saturated heterocycles. The number of hydrogen-bond donors (Lipinski definition) is 1.